The summed E-state index contributed by atoms with van der Waals surface area (Å²) in [5, 5.41) is 41.2. The maximum Gasteiger partial charge on any atom is 0.202 e. The largest absolute Gasteiger partial charge is 0.506 e. The Bertz CT molecular complexity index is 1030. The highest BCUT2D eigenvalue weighted by Gasteiger charge is 2.41. The van der Waals surface area contributed by atoms with Crippen LogP contribution in [0.15, 0.2) is 24.3 Å². The number of aliphatic hydroxyl groups excluding tert-OH is 1. The van der Waals surface area contributed by atoms with E-state index in [2.05, 4.69) is 0 Å². The molecule has 0 saturated carbocycles. The summed E-state index contributed by atoms with van der Waals surface area (Å²) in [7, 11) is 1.28. The van der Waals surface area contributed by atoms with Crippen molar-refractivity contribution in [3.05, 3.63) is 41.0 Å². The molecule has 4 rings (SSSR count). The molecule has 2 atom stereocenters. The van der Waals surface area contributed by atoms with Crippen molar-refractivity contribution in [3.8, 4) is 34.5 Å². The minimum absolute atomic E-state index is 0.0300. The molecule has 152 valence electrons. The second kappa shape index (κ2) is 6.31. The quantitative estimate of drug-likeness (QED) is 0.606. The summed E-state index contributed by atoms with van der Waals surface area (Å²) in [6.07, 6.45) is 0.517. The number of ether oxygens (including phenoxy) is 3. The number of benzene rings is 2. The van der Waals surface area contributed by atoms with Crippen molar-refractivity contribution in [3.63, 3.8) is 0 Å². The van der Waals surface area contributed by atoms with Crippen molar-refractivity contribution in [2.24, 2.45) is 0 Å². The third-order valence-corrected chi connectivity index (χ3v) is 4.95. The summed E-state index contributed by atoms with van der Waals surface area (Å²) in [5.74, 6) is -1.61. The van der Waals surface area contributed by atoms with Gasteiger partial charge in [0, 0.05) is 11.6 Å². The SMILES string of the molecule is COc1c(O)cc([C@H]2Oc3cc4c(c(O)c3C(=O)[C@@H]2O)C=CC(C)(C)O4)cc1O. The van der Waals surface area contributed by atoms with Gasteiger partial charge in [0.25, 0.3) is 0 Å². The fourth-order valence-electron chi connectivity index (χ4n) is 3.55. The zero-order chi connectivity index (χ0) is 21.1. The first-order valence-corrected chi connectivity index (χ1v) is 8.90. The molecule has 2 aromatic rings. The number of aliphatic hydroxyl groups is 1. The Morgan fingerprint density at radius 1 is 1.07 bits per heavy atom. The van der Waals surface area contributed by atoms with Crippen LogP contribution in [0.5, 0.6) is 34.5 Å². The van der Waals surface area contributed by atoms with E-state index in [1.54, 1.807) is 12.2 Å². The van der Waals surface area contributed by atoms with E-state index in [4.69, 9.17) is 14.2 Å². The summed E-state index contributed by atoms with van der Waals surface area (Å²) in [6, 6.07) is 3.94. The lowest BCUT2D eigenvalue weighted by atomic mass is 9.90. The van der Waals surface area contributed by atoms with Crippen molar-refractivity contribution in [2.45, 2.75) is 31.7 Å². The lowest BCUT2D eigenvalue weighted by molar-refractivity contribution is 0.0207. The van der Waals surface area contributed by atoms with Crippen LogP contribution in [0.4, 0.5) is 0 Å². The number of aromatic hydroxyl groups is 3. The van der Waals surface area contributed by atoms with E-state index < -0.39 is 23.6 Å². The minimum atomic E-state index is -1.66. The maximum absolute atomic E-state index is 12.8. The smallest absolute Gasteiger partial charge is 0.202 e. The van der Waals surface area contributed by atoms with Crippen LogP contribution in [0, 0.1) is 0 Å². The van der Waals surface area contributed by atoms with E-state index in [1.165, 1.54) is 25.3 Å². The van der Waals surface area contributed by atoms with E-state index >= 15 is 0 Å². The zero-order valence-corrected chi connectivity index (χ0v) is 16.0. The van der Waals surface area contributed by atoms with Gasteiger partial charge in [-0.15, -0.1) is 0 Å². The molecule has 4 N–H and O–H groups in total. The average molecular weight is 400 g/mol. The lowest BCUT2D eigenvalue weighted by Gasteiger charge is -2.33. The number of hydrogen-bond donors (Lipinski definition) is 4. The van der Waals surface area contributed by atoms with Crippen LogP contribution in [0.1, 0.15) is 41.4 Å². The lowest BCUT2D eigenvalue weighted by Crippen LogP contribution is -2.36. The number of rotatable bonds is 2. The van der Waals surface area contributed by atoms with Gasteiger partial charge in [-0.1, -0.05) is 0 Å². The van der Waals surface area contributed by atoms with Crippen LogP contribution in [0.3, 0.4) is 0 Å². The van der Waals surface area contributed by atoms with E-state index in [0.717, 1.165) is 0 Å². The highest BCUT2D eigenvalue weighted by Crippen LogP contribution is 2.48. The van der Waals surface area contributed by atoms with Gasteiger partial charge < -0.3 is 34.6 Å². The average Bonchev–Trinajstić information content (AvgIpc) is 2.63. The van der Waals surface area contributed by atoms with E-state index in [1.807, 2.05) is 13.8 Å². The van der Waals surface area contributed by atoms with Gasteiger partial charge in [0.1, 0.15) is 28.4 Å². The minimum Gasteiger partial charge on any atom is -0.506 e. The van der Waals surface area contributed by atoms with Gasteiger partial charge in [-0.3, -0.25) is 4.79 Å². The van der Waals surface area contributed by atoms with Crippen LogP contribution in [-0.2, 0) is 0 Å². The summed E-state index contributed by atoms with van der Waals surface area (Å²) in [5.41, 5.74) is -0.280. The van der Waals surface area contributed by atoms with Crippen LogP contribution in [-0.4, -0.2) is 45.0 Å². The third-order valence-electron chi connectivity index (χ3n) is 4.95. The van der Waals surface area contributed by atoms with Crippen molar-refractivity contribution >= 4 is 11.9 Å². The van der Waals surface area contributed by atoms with Gasteiger partial charge in [-0.2, -0.15) is 0 Å². The molecule has 0 unspecified atom stereocenters. The fraction of sp³-hybridized carbons (Fsp3) is 0.286. The molecular weight excluding hydrogens is 380 g/mol. The summed E-state index contributed by atoms with van der Waals surface area (Å²) in [6.45, 7) is 3.68. The van der Waals surface area contributed by atoms with Gasteiger partial charge in [0.05, 0.1) is 12.7 Å². The molecule has 2 heterocycles. The third kappa shape index (κ3) is 2.92. The zero-order valence-electron chi connectivity index (χ0n) is 16.0. The molecule has 2 aromatic carbocycles. The molecule has 2 aliphatic heterocycles. The Hall–Kier alpha value is -3.39. The number of phenolic OH excluding ortho intramolecular Hbond substituents is 3. The Morgan fingerprint density at radius 2 is 1.72 bits per heavy atom. The molecular formula is C21H20O8. The topological polar surface area (TPSA) is 126 Å². The summed E-state index contributed by atoms with van der Waals surface area (Å²) >= 11 is 0. The number of methoxy groups -OCH3 is 1. The predicted octanol–water partition coefficient (Wildman–Crippen LogP) is 2.67. The number of ketones is 1. The molecule has 29 heavy (non-hydrogen) atoms. The number of fused-ring (bicyclic) bond motifs is 2. The van der Waals surface area contributed by atoms with Gasteiger partial charge in [0.15, 0.2) is 23.7 Å². The number of carbonyl (C=O) groups excluding carboxylic acids is 1. The highest BCUT2D eigenvalue weighted by atomic mass is 16.5. The second-order valence-electron chi connectivity index (χ2n) is 7.49. The Morgan fingerprint density at radius 3 is 2.34 bits per heavy atom. The van der Waals surface area contributed by atoms with Crippen LogP contribution in [0.25, 0.3) is 6.08 Å². The number of Topliss-reactive ketones (excluding diaryl/α,β-unsaturated/α-hetero) is 1. The summed E-state index contributed by atoms with van der Waals surface area (Å²) in [4.78, 5) is 12.8. The molecule has 0 aliphatic carbocycles. The van der Waals surface area contributed by atoms with Crippen molar-refractivity contribution < 1.29 is 39.4 Å². The van der Waals surface area contributed by atoms with Gasteiger partial charge in [-0.25, -0.2) is 0 Å². The Kier molecular flexibility index (Phi) is 4.13. The van der Waals surface area contributed by atoms with Gasteiger partial charge in [-0.05, 0) is 38.1 Å². The molecule has 0 spiro atoms. The molecule has 8 heteroatoms. The molecule has 8 nitrogen and oxygen atoms in total. The Labute approximate surface area is 166 Å². The van der Waals surface area contributed by atoms with Crippen molar-refractivity contribution in [1.29, 1.82) is 0 Å². The number of carbonyl (C=O) groups is 1. The van der Waals surface area contributed by atoms with Crippen molar-refractivity contribution in [1.82, 2.24) is 0 Å². The van der Waals surface area contributed by atoms with E-state index in [9.17, 15) is 25.2 Å². The number of phenols is 3. The van der Waals surface area contributed by atoms with Gasteiger partial charge in [0.2, 0.25) is 11.5 Å². The van der Waals surface area contributed by atoms with E-state index in [-0.39, 0.29) is 39.9 Å². The van der Waals surface area contributed by atoms with Crippen molar-refractivity contribution in [2.75, 3.05) is 7.11 Å². The predicted molar refractivity (Wildman–Crippen MR) is 102 cm³/mol. The summed E-state index contributed by atoms with van der Waals surface area (Å²) < 4.78 is 16.5. The highest BCUT2D eigenvalue weighted by molar-refractivity contribution is 6.06. The molecule has 2 aliphatic rings. The molecule has 0 fully saturated rings. The first kappa shape index (κ1) is 18.9. The monoisotopic (exact) mass is 400 g/mol. The maximum atomic E-state index is 12.8. The first-order chi connectivity index (χ1) is 13.6. The van der Waals surface area contributed by atoms with Crippen LogP contribution < -0.4 is 14.2 Å². The van der Waals surface area contributed by atoms with Gasteiger partial charge >= 0.3 is 0 Å². The molecule has 0 aromatic heterocycles. The standard InChI is InChI=1S/C21H20O8/c1-21(2)5-4-10-13(29-21)8-14-15(16(10)24)17(25)18(26)19(28-14)9-6-11(22)20(27-3)12(23)7-9/h4-8,18-19,22-24,26H,1-3H3/t18-,19+/m0/s1. The molecule has 0 amide bonds. The molecule has 0 bridgehead atoms. The number of hydrogen-bond acceptors (Lipinski definition) is 8. The molecule has 0 saturated heterocycles. The normalized spacial score (nSPS) is 21.6. The first-order valence-electron chi connectivity index (χ1n) is 8.90. The van der Waals surface area contributed by atoms with E-state index in [0.29, 0.717) is 11.3 Å². The fourth-order valence-corrected chi connectivity index (χ4v) is 3.55. The molecule has 0 radical (unpaired) electrons. The van der Waals surface area contributed by atoms with Crippen LogP contribution in [0.2, 0.25) is 0 Å². The van der Waals surface area contributed by atoms with Crippen LogP contribution >= 0.6 is 0 Å². The Balaban J connectivity index is 1.81. The second-order valence-corrected chi connectivity index (χ2v) is 7.49.